The summed E-state index contributed by atoms with van der Waals surface area (Å²) in [7, 11) is 2.10. The summed E-state index contributed by atoms with van der Waals surface area (Å²) >= 11 is 0. The van der Waals surface area contributed by atoms with Crippen molar-refractivity contribution in [1.82, 2.24) is 0 Å². The third kappa shape index (κ3) is 2.27. The first-order chi connectivity index (χ1) is 6.34. The maximum absolute atomic E-state index is 5.83. The van der Waals surface area contributed by atoms with Crippen LogP contribution in [0.15, 0.2) is 24.3 Å². The first-order valence-electron chi connectivity index (χ1n) is 5.08. The zero-order valence-electron chi connectivity index (χ0n) is 8.12. The molecular formula is C11H15BO. The number of ether oxygens (including phenoxy) is 1. The van der Waals surface area contributed by atoms with Gasteiger partial charge in [0.05, 0.1) is 6.10 Å². The zero-order valence-corrected chi connectivity index (χ0v) is 8.12. The lowest BCUT2D eigenvalue weighted by Crippen LogP contribution is -2.11. The molecule has 0 bridgehead atoms. The molecule has 0 radical (unpaired) electrons. The smallest absolute Gasteiger partial charge is 0.139 e. The van der Waals surface area contributed by atoms with Gasteiger partial charge in [0.2, 0.25) is 0 Å². The van der Waals surface area contributed by atoms with Gasteiger partial charge in [-0.3, -0.25) is 0 Å². The van der Waals surface area contributed by atoms with Gasteiger partial charge in [0.1, 0.15) is 13.6 Å². The highest BCUT2D eigenvalue weighted by Gasteiger charge is 2.15. The normalized spacial score (nSPS) is 17.5. The Kier molecular flexibility index (Phi) is 2.58. The fourth-order valence-electron chi connectivity index (χ4n) is 1.82. The fraction of sp³-hybridized carbons (Fsp3) is 0.455. The van der Waals surface area contributed by atoms with Crippen LogP contribution in [0.5, 0.6) is 5.75 Å². The summed E-state index contributed by atoms with van der Waals surface area (Å²) in [6, 6.07) is 8.33. The lowest BCUT2D eigenvalue weighted by Gasteiger charge is -2.12. The maximum atomic E-state index is 5.83. The van der Waals surface area contributed by atoms with Crippen LogP contribution in [0.3, 0.4) is 0 Å². The van der Waals surface area contributed by atoms with Crippen LogP contribution < -0.4 is 10.2 Å². The fourth-order valence-corrected chi connectivity index (χ4v) is 1.82. The van der Waals surface area contributed by atoms with Crippen molar-refractivity contribution < 1.29 is 4.74 Å². The standard InChI is InChI=1S/C11H15BO/c12-9-5-7-11(8-6-9)13-10-3-1-2-4-10/h5-8,10H,1-4,12H2. The molecule has 0 N–H and O–H groups in total. The monoisotopic (exact) mass is 174 g/mol. The molecule has 1 nitrogen and oxygen atoms in total. The predicted molar refractivity (Wildman–Crippen MR) is 57.5 cm³/mol. The molecule has 1 aromatic carbocycles. The van der Waals surface area contributed by atoms with Crippen LogP contribution in [0.1, 0.15) is 25.7 Å². The van der Waals surface area contributed by atoms with Crippen molar-refractivity contribution in [2.75, 3.05) is 0 Å². The van der Waals surface area contributed by atoms with Crippen molar-refractivity contribution in [3.63, 3.8) is 0 Å². The molecule has 1 fully saturated rings. The van der Waals surface area contributed by atoms with Gasteiger partial charge in [-0.1, -0.05) is 17.6 Å². The van der Waals surface area contributed by atoms with E-state index >= 15 is 0 Å². The van der Waals surface area contributed by atoms with Gasteiger partial charge in [0.15, 0.2) is 0 Å². The Balaban J connectivity index is 1.97. The highest BCUT2D eigenvalue weighted by atomic mass is 16.5. The van der Waals surface area contributed by atoms with E-state index in [9.17, 15) is 0 Å². The molecule has 1 aliphatic carbocycles. The molecule has 2 rings (SSSR count). The number of hydrogen-bond donors (Lipinski definition) is 0. The minimum absolute atomic E-state index is 0.475. The predicted octanol–water partition coefficient (Wildman–Crippen LogP) is 1.27. The minimum atomic E-state index is 0.475. The highest BCUT2D eigenvalue weighted by molar-refractivity contribution is 6.32. The van der Waals surface area contributed by atoms with Gasteiger partial charge in [-0.05, 0) is 37.8 Å². The Morgan fingerprint density at radius 1 is 1.08 bits per heavy atom. The molecule has 0 spiro atoms. The summed E-state index contributed by atoms with van der Waals surface area (Å²) in [6.07, 6.45) is 5.59. The molecule has 0 aliphatic heterocycles. The van der Waals surface area contributed by atoms with Gasteiger partial charge in [-0.15, -0.1) is 0 Å². The van der Waals surface area contributed by atoms with Crippen LogP contribution >= 0.6 is 0 Å². The summed E-state index contributed by atoms with van der Waals surface area (Å²) in [4.78, 5) is 0. The molecule has 1 aliphatic rings. The Morgan fingerprint density at radius 3 is 2.31 bits per heavy atom. The van der Waals surface area contributed by atoms with Gasteiger partial charge < -0.3 is 4.74 Å². The van der Waals surface area contributed by atoms with E-state index in [1.165, 1.54) is 31.1 Å². The average molecular weight is 174 g/mol. The topological polar surface area (TPSA) is 9.23 Å². The van der Waals surface area contributed by atoms with Crippen molar-refractivity contribution >= 4 is 13.3 Å². The minimum Gasteiger partial charge on any atom is -0.490 e. The second kappa shape index (κ2) is 3.86. The first-order valence-corrected chi connectivity index (χ1v) is 5.08. The van der Waals surface area contributed by atoms with Gasteiger partial charge >= 0.3 is 0 Å². The molecular weight excluding hydrogens is 159 g/mol. The molecule has 0 atom stereocenters. The Labute approximate surface area is 80.5 Å². The van der Waals surface area contributed by atoms with Crippen LogP contribution in [0.25, 0.3) is 0 Å². The number of benzene rings is 1. The summed E-state index contributed by atoms with van der Waals surface area (Å²) in [5, 5.41) is 0. The molecule has 2 heteroatoms. The van der Waals surface area contributed by atoms with Crippen molar-refractivity contribution in [3.8, 4) is 5.75 Å². The summed E-state index contributed by atoms with van der Waals surface area (Å²) < 4.78 is 5.83. The Hall–Kier alpha value is -0.915. The molecule has 0 saturated heterocycles. The highest BCUT2D eigenvalue weighted by Crippen LogP contribution is 2.23. The van der Waals surface area contributed by atoms with Crippen molar-refractivity contribution in [2.24, 2.45) is 0 Å². The third-order valence-electron chi connectivity index (χ3n) is 2.63. The summed E-state index contributed by atoms with van der Waals surface area (Å²) in [6.45, 7) is 0. The first kappa shape index (κ1) is 8.67. The van der Waals surface area contributed by atoms with E-state index < -0.39 is 0 Å². The Bertz CT molecular complexity index is 262. The molecule has 1 saturated carbocycles. The number of hydrogen-bond acceptors (Lipinski definition) is 1. The largest absolute Gasteiger partial charge is 0.490 e. The summed E-state index contributed by atoms with van der Waals surface area (Å²) in [5.41, 5.74) is 1.29. The van der Waals surface area contributed by atoms with E-state index in [1.54, 1.807) is 0 Å². The van der Waals surface area contributed by atoms with Crippen LogP contribution in [-0.2, 0) is 0 Å². The van der Waals surface area contributed by atoms with Crippen LogP contribution in [0.2, 0.25) is 0 Å². The van der Waals surface area contributed by atoms with Crippen molar-refractivity contribution in [3.05, 3.63) is 24.3 Å². The van der Waals surface area contributed by atoms with Gasteiger partial charge in [0, 0.05) is 0 Å². The van der Waals surface area contributed by atoms with E-state index in [0.717, 1.165) is 5.75 Å². The van der Waals surface area contributed by atoms with Gasteiger partial charge in [-0.2, -0.15) is 0 Å². The molecule has 0 amide bonds. The van der Waals surface area contributed by atoms with E-state index in [-0.39, 0.29) is 0 Å². The van der Waals surface area contributed by atoms with E-state index in [1.807, 2.05) is 0 Å². The zero-order chi connectivity index (χ0) is 9.10. The molecule has 0 aromatic heterocycles. The number of rotatable bonds is 2. The lowest BCUT2D eigenvalue weighted by molar-refractivity contribution is 0.210. The van der Waals surface area contributed by atoms with Crippen LogP contribution in [0, 0.1) is 0 Å². The van der Waals surface area contributed by atoms with Gasteiger partial charge in [0.25, 0.3) is 0 Å². The Morgan fingerprint density at radius 2 is 1.69 bits per heavy atom. The molecule has 0 heterocycles. The van der Waals surface area contributed by atoms with Crippen LogP contribution in [0.4, 0.5) is 0 Å². The van der Waals surface area contributed by atoms with E-state index in [2.05, 4.69) is 32.1 Å². The molecule has 13 heavy (non-hydrogen) atoms. The van der Waals surface area contributed by atoms with E-state index in [0.29, 0.717) is 6.10 Å². The quantitative estimate of drug-likeness (QED) is 0.613. The van der Waals surface area contributed by atoms with Crippen molar-refractivity contribution in [1.29, 1.82) is 0 Å². The second-order valence-corrected chi connectivity index (χ2v) is 3.84. The van der Waals surface area contributed by atoms with Crippen LogP contribution in [-0.4, -0.2) is 14.0 Å². The lowest BCUT2D eigenvalue weighted by atomic mass is 9.97. The van der Waals surface area contributed by atoms with Crippen molar-refractivity contribution in [2.45, 2.75) is 31.8 Å². The maximum Gasteiger partial charge on any atom is 0.139 e. The van der Waals surface area contributed by atoms with E-state index in [4.69, 9.17) is 4.74 Å². The molecule has 0 unspecified atom stereocenters. The average Bonchev–Trinajstić information content (AvgIpc) is 2.62. The molecule has 68 valence electrons. The third-order valence-corrected chi connectivity index (χ3v) is 2.63. The van der Waals surface area contributed by atoms with Gasteiger partial charge in [-0.25, -0.2) is 0 Å². The second-order valence-electron chi connectivity index (χ2n) is 3.84. The molecule has 1 aromatic rings. The SMILES string of the molecule is Bc1ccc(OC2CCCC2)cc1. The summed E-state index contributed by atoms with van der Waals surface area (Å²) in [5.74, 6) is 1.03.